The molecule has 2 rings (SSSR count). The molecule has 9 heteroatoms. The number of nitrogens with zero attached hydrogens (tertiary/aromatic N) is 1. The van der Waals surface area contributed by atoms with E-state index in [9.17, 15) is 13.2 Å². The van der Waals surface area contributed by atoms with Crippen LogP contribution in [-0.2, 0) is 14.8 Å². The Balaban J connectivity index is 0.00000242. The van der Waals surface area contributed by atoms with Crippen molar-refractivity contribution in [3.8, 4) is 0 Å². The summed E-state index contributed by atoms with van der Waals surface area (Å²) in [4.78, 5) is 11.6. The molecule has 1 unspecified atom stereocenters. The van der Waals surface area contributed by atoms with Gasteiger partial charge in [-0.25, -0.2) is 13.2 Å². The Labute approximate surface area is 144 Å². The van der Waals surface area contributed by atoms with Crippen molar-refractivity contribution in [1.82, 2.24) is 9.62 Å². The molecule has 6 nitrogen and oxygen atoms in total. The Morgan fingerprint density at radius 2 is 2.14 bits per heavy atom. The molecule has 1 atom stereocenters. The van der Waals surface area contributed by atoms with Gasteiger partial charge >= 0.3 is 5.97 Å². The molecule has 0 bridgehead atoms. The molecule has 0 radical (unpaired) electrons. The number of sulfonamides is 1. The number of halogens is 2. The summed E-state index contributed by atoms with van der Waals surface area (Å²) in [5, 5.41) is 3.16. The van der Waals surface area contributed by atoms with E-state index < -0.39 is 16.0 Å². The minimum Gasteiger partial charge on any atom is -0.465 e. The Hall–Kier alpha value is -0.670. The molecule has 1 fully saturated rings. The first kappa shape index (κ1) is 19.4. The summed E-state index contributed by atoms with van der Waals surface area (Å²) in [6, 6.07) is 4.23. The van der Waals surface area contributed by atoms with Gasteiger partial charge in [0.25, 0.3) is 0 Å². The van der Waals surface area contributed by atoms with Crippen molar-refractivity contribution in [2.24, 2.45) is 0 Å². The zero-order valence-electron chi connectivity index (χ0n) is 12.2. The Kier molecular flexibility index (Phi) is 6.82. The van der Waals surface area contributed by atoms with Crippen molar-refractivity contribution in [1.29, 1.82) is 0 Å². The predicted octanol–water partition coefficient (Wildman–Crippen LogP) is 1.64. The third kappa shape index (κ3) is 3.80. The normalized spacial score (nSPS) is 19.3. The number of rotatable bonds is 3. The molecule has 1 aliphatic rings. The Morgan fingerprint density at radius 1 is 1.45 bits per heavy atom. The molecule has 1 heterocycles. The molecule has 0 aliphatic carbocycles. The van der Waals surface area contributed by atoms with Crippen LogP contribution in [0.15, 0.2) is 27.6 Å². The third-order valence-electron chi connectivity index (χ3n) is 3.38. The first-order valence-corrected chi connectivity index (χ1v) is 8.71. The van der Waals surface area contributed by atoms with Gasteiger partial charge in [-0.15, -0.1) is 12.4 Å². The van der Waals surface area contributed by atoms with E-state index >= 15 is 0 Å². The average molecular weight is 414 g/mol. The van der Waals surface area contributed by atoms with Crippen LogP contribution in [-0.4, -0.2) is 51.5 Å². The van der Waals surface area contributed by atoms with Crippen LogP contribution in [0.4, 0.5) is 0 Å². The first-order valence-electron chi connectivity index (χ1n) is 6.48. The quantitative estimate of drug-likeness (QED) is 0.763. The Bertz CT molecular complexity index is 653. The van der Waals surface area contributed by atoms with Crippen molar-refractivity contribution >= 4 is 44.3 Å². The van der Waals surface area contributed by atoms with Crippen LogP contribution in [0.5, 0.6) is 0 Å². The summed E-state index contributed by atoms with van der Waals surface area (Å²) in [5.41, 5.74) is 0.302. The number of carbonyl (C=O) groups excluding carboxylic acids is 1. The number of piperazine rings is 1. The lowest BCUT2D eigenvalue weighted by Gasteiger charge is -2.33. The number of benzene rings is 1. The minimum absolute atomic E-state index is 0. The van der Waals surface area contributed by atoms with Crippen molar-refractivity contribution in [2.45, 2.75) is 17.9 Å². The zero-order valence-corrected chi connectivity index (χ0v) is 15.4. The highest BCUT2D eigenvalue weighted by atomic mass is 79.9. The van der Waals surface area contributed by atoms with Crippen LogP contribution in [0.1, 0.15) is 17.3 Å². The summed E-state index contributed by atoms with van der Waals surface area (Å²) in [6.07, 6.45) is 0. The summed E-state index contributed by atoms with van der Waals surface area (Å²) in [6.45, 7) is 3.54. The van der Waals surface area contributed by atoms with Gasteiger partial charge in [-0.1, -0.05) is 0 Å². The van der Waals surface area contributed by atoms with Gasteiger partial charge in [-0.2, -0.15) is 4.31 Å². The Morgan fingerprint density at radius 3 is 2.68 bits per heavy atom. The highest BCUT2D eigenvalue weighted by molar-refractivity contribution is 9.10. The molecule has 0 spiro atoms. The molecule has 1 aromatic carbocycles. The van der Waals surface area contributed by atoms with E-state index in [2.05, 4.69) is 26.0 Å². The number of esters is 1. The molecule has 1 N–H and O–H groups in total. The van der Waals surface area contributed by atoms with Gasteiger partial charge in [0.1, 0.15) is 0 Å². The van der Waals surface area contributed by atoms with E-state index in [1.165, 1.54) is 29.6 Å². The lowest BCUT2D eigenvalue weighted by atomic mass is 10.2. The van der Waals surface area contributed by atoms with Crippen LogP contribution < -0.4 is 5.32 Å². The number of hydrogen-bond acceptors (Lipinski definition) is 5. The molecule has 22 heavy (non-hydrogen) atoms. The topological polar surface area (TPSA) is 75.7 Å². The maximum absolute atomic E-state index is 12.7. The highest BCUT2D eigenvalue weighted by Crippen LogP contribution is 2.28. The van der Waals surface area contributed by atoms with Gasteiger partial charge in [0, 0.05) is 30.1 Å². The summed E-state index contributed by atoms with van der Waals surface area (Å²) in [7, 11) is -2.32. The van der Waals surface area contributed by atoms with E-state index in [-0.39, 0.29) is 23.3 Å². The smallest absolute Gasteiger partial charge is 0.337 e. The summed E-state index contributed by atoms with van der Waals surface area (Å²) < 4.78 is 31.9. The molecule has 0 aromatic heterocycles. The van der Waals surface area contributed by atoms with Gasteiger partial charge in [-0.3, -0.25) is 0 Å². The van der Waals surface area contributed by atoms with E-state index in [0.717, 1.165) is 0 Å². The predicted molar refractivity (Wildman–Crippen MR) is 89.0 cm³/mol. The molecule has 0 amide bonds. The van der Waals surface area contributed by atoms with Gasteiger partial charge in [0.05, 0.1) is 17.6 Å². The van der Waals surface area contributed by atoms with Crippen molar-refractivity contribution < 1.29 is 17.9 Å². The summed E-state index contributed by atoms with van der Waals surface area (Å²) >= 11 is 3.24. The lowest BCUT2D eigenvalue weighted by Crippen LogP contribution is -2.52. The lowest BCUT2D eigenvalue weighted by molar-refractivity contribution is 0.0600. The van der Waals surface area contributed by atoms with Gasteiger partial charge in [0.2, 0.25) is 10.0 Å². The molecule has 124 valence electrons. The molecule has 1 aromatic rings. The van der Waals surface area contributed by atoms with Crippen molar-refractivity contribution in [2.75, 3.05) is 26.7 Å². The second-order valence-electron chi connectivity index (χ2n) is 4.81. The van der Waals surface area contributed by atoms with Crippen LogP contribution in [0.2, 0.25) is 0 Å². The minimum atomic E-state index is -3.60. The second kappa shape index (κ2) is 7.74. The van der Waals surface area contributed by atoms with Crippen LogP contribution >= 0.6 is 28.3 Å². The van der Waals surface area contributed by atoms with Gasteiger partial charge in [-0.05, 0) is 41.1 Å². The maximum Gasteiger partial charge on any atom is 0.337 e. The molecule has 0 saturated carbocycles. The highest BCUT2D eigenvalue weighted by Gasteiger charge is 2.32. The molecule has 1 saturated heterocycles. The molecule has 1 aliphatic heterocycles. The zero-order chi connectivity index (χ0) is 15.6. The second-order valence-corrected chi connectivity index (χ2v) is 7.52. The molecular weight excluding hydrogens is 396 g/mol. The average Bonchev–Trinajstić information content (AvgIpc) is 2.46. The number of hydrogen-bond donors (Lipinski definition) is 1. The van der Waals surface area contributed by atoms with E-state index in [1.807, 2.05) is 6.92 Å². The monoisotopic (exact) mass is 412 g/mol. The van der Waals surface area contributed by atoms with Crippen LogP contribution in [0.25, 0.3) is 0 Å². The fourth-order valence-electron chi connectivity index (χ4n) is 2.26. The number of ether oxygens (including phenoxy) is 1. The van der Waals surface area contributed by atoms with Crippen LogP contribution in [0, 0.1) is 0 Å². The standard InChI is InChI=1S/C13H17BrN2O4S.ClH/c1-9-8-15-5-6-16(9)21(18,19)12-4-3-10(7-11(12)14)13(17)20-2;/h3-4,7,9,15H,5-6,8H2,1-2H3;1H. The molecular formula is C13H18BrClN2O4S. The van der Waals surface area contributed by atoms with Crippen molar-refractivity contribution in [3.05, 3.63) is 28.2 Å². The first-order chi connectivity index (χ1) is 9.87. The van der Waals surface area contributed by atoms with Gasteiger partial charge in [0.15, 0.2) is 0 Å². The number of nitrogens with one attached hydrogen (secondary N) is 1. The number of carbonyl (C=O) groups is 1. The van der Waals surface area contributed by atoms with E-state index in [4.69, 9.17) is 0 Å². The van der Waals surface area contributed by atoms with Gasteiger partial charge < -0.3 is 10.1 Å². The fourth-order valence-corrected chi connectivity index (χ4v) is 4.93. The van der Waals surface area contributed by atoms with Crippen molar-refractivity contribution in [3.63, 3.8) is 0 Å². The largest absolute Gasteiger partial charge is 0.465 e. The summed E-state index contributed by atoms with van der Waals surface area (Å²) in [5.74, 6) is -0.504. The number of methoxy groups -OCH3 is 1. The van der Waals surface area contributed by atoms with E-state index in [1.54, 1.807) is 0 Å². The van der Waals surface area contributed by atoms with Crippen LogP contribution in [0.3, 0.4) is 0 Å². The fraction of sp³-hybridized carbons (Fsp3) is 0.462. The van der Waals surface area contributed by atoms with E-state index in [0.29, 0.717) is 29.7 Å². The SMILES string of the molecule is COC(=O)c1ccc(S(=O)(=O)N2CCNCC2C)c(Br)c1.Cl. The third-order valence-corrected chi connectivity index (χ3v) is 6.37. The maximum atomic E-state index is 12.7.